The minimum atomic E-state index is -0.526. The molecule has 5 nitrogen and oxygen atoms in total. The van der Waals surface area contributed by atoms with E-state index in [0.717, 1.165) is 22.8 Å². The smallest absolute Gasteiger partial charge is 0.250 e. The Kier molecular flexibility index (Phi) is 3.13. The lowest BCUT2D eigenvalue weighted by Crippen LogP contribution is -2.12. The summed E-state index contributed by atoms with van der Waals surface area (Å²) >= 11 is 0. The third-order valence-corrected chi connectivity index (χ3v) is 4.05. The number of hydrogen-bond donors (Lipinski definition) is 2. The summed E-state index contributed by atoms with van der Waals surface area (Å²) in [6, 6.07) is 16.6. The maximum atomic E-state index is 11.9. The molecule has 0 unspecified atom stereocenters. The predicted octanol–water partition coefficient (Wildman–Crippen LogP) is 3.29. The quantitative estimate of drug-likeness (QED) is 0.568. The minimum absolute atomic E-state index is 0.378. The molecule has 0 atom stereocenters. The maximum Gasteiger partial charge on any atom is 0.250 e. The molecule has 0 fully saturated rings. The van der Waals surface area contributed by atoms with E-state index in [1.54, 1.807) is 18.2 Å². The molecule has 0 aliphatic heterocycles. The van der Waals surface area contributed by atoms with E-state index < -0.39 is 5.91 Å². The van der Waals surface area contributed by atoms with E-state index in [9.17, 15) is 9.59 Å². The fraction of sp³-hybridized carbons (Fsp3) is 0. The third kappa shape index (κ3) is 2.14. The highest BCUT2D eigenvalue weighted by Gasteiger charge is 2.16. The summed E-state index contributed by atoms with van der Waals surface area (Å²) in [5, 5.41) is 0.843. The molecule has 0 radical (unpaired) electrons. The first-order valence-corrected chi connectivity index (χ1v) is 7.44. The SMILES string of the molecule is NC(=O)c1cc(-c2ccccc2)nc2c1[nH]c1cc(C=O)ccc12. The normalized spacial score (nSPS) is 11.0. The van der Waals surface area contributed by atoms with Crippen molar-refractivity contribution in [1.82, 2.24) is 9.97 Å². The molecule has 0 saturated carbocycles. The molecule has 24 heavy (non-hydrogen) atoms. The molecule has 2 aromatic heterocycles. The largest absolute Gasteiger partial charge is 0.366 e. The van der Waals surface area contributed by atoms with Crippen LogP contribution in [0, 0.1) is 0 Å². The number of H-pyrrole nitrogens is 1. The number of aldehydes is 1. The van der Waals surface area contributed by atoms with Crippen LogP contribution in [0.25, 0.3) is 33.2 Å². The average Bonchev–Trinajstić information content (AvgIpc) is 2.98. The number of benzene rings is 2. The Labute approximate surface area is 137 Å². The Hall–Kier alpha value is -3.47. The molecule has 0 aliphatic carbocycles. The molecule has 3 N–H and O–H groups in total. The van der Waals surface area contributed by atoms with Crippen molar-refractivity contribution in [2.45, 2.75) is 0 Å². The number of carbonyl (C=O) groups is 2. The van der Waals surface area contributed by atoms with Crippen LogP contribution in [-0.2, 0) is 0 Å². The van der Waals surface area contributed by atoms with E-state index in [-0.39, 0.29) is 0 Å². The highest BCUT2D eigenvalue weighted by Crippen LogP contribution is 2.30. The zero-order valence-corrected chi connectivity index (χ0v) is 12.6. The van der Waals surface area contributed by atoms with Gasteiger partial charge in [0.2, 0.25) is 0 Å². The van der Waals surface area contributed by atoms with Crippen molar-refractivity contribution in [3.8, 4) is 11.3 Å². The first kappa shape index (κ1) is 14.1. The van der Waals surface area contributed by atoms with Gasteiger partial charge in [-0.25, -0.2) is 4.98 Å². The first-order chi connectivity index (χ1) is 11.7. The molecule has 0 aliphatic rings. The second-order valence-corrected chi connectivity index (χ2v) is 5.56. The van der Waals surface area contributed by atoms with E-state index in [4.69, 9.17) is 10.7 Å². The molecule has 0 bridgehead atoms. The van der Waals surface area contributed by atoms with Gasteiger partial charge in [0.1, 0.15) is 6.29 Å². The van der Waals surface area contributed by atoms with Crippen molar-refractivity contribution < 1.29 is 9.59 Å². The number of hydrogen-bond acceptors (Lipinski definition) is 3. The lowest BCUT2D eigenvalue weighted by molar-refractivity contribution is 0.100. The van der Waals surface area contributed by atoms with Crippen molar-refractivity contribution in [3.63, 3.8) is 0 Å². The van der Waals surface area contributed by atoms with Crippen LogP contribution in [0.1, 0.15) is 20.7 Å². The van der Waals surface area contributed by atoms with Gasteiger partial charge in [0, 0.05) is 22.0 Å². The Balaban J connectivity index is 2.09. The van der Waals surface area contributed by atoms with Crippen LogP contribution < -0.4 is 5.73 Å². The van der Waals surface area contributed by atoms with Crippen LogP contribution in [0.2, 0.25) is 0 Å². The lowest BCUT2D eigenvalue weighted by atomic mass is 10.1. The van der Waals surface area contributed by atoms with E-state index in [0.29, 0.717) is 27.9 Å². The van der Waals surface area contributed by atoms with Gasteiger partial charge in [0.05, 0.1) is 22.3 Å². The fourth-order valence-electron chi connectivity index (χ4n) is 2.90. The van der Waals surface area contributed by atoms with Gasteiger partial charge in [-0.2, -0.15) is 0 Å². The number of nitrogens with zero attached hydrogens (tertiary/aromatic N) is 1. The molecule has 0 saturated heterocycles. The zero-order valence-electron chi connectivity index (χ0n) is 12.6. The second kappa shape index (κ2) is 5.31. The highest BCUT2D eigenvalue weighted by atomic mass is 16.1. The van der Waals surface area contributed by atoms with E-state index >= 15 is 0 Å². The third-order valence-electron chi connectivity index (χ3n) is 4.05. The van der Waals surface area contributed by atoms with E-state index in [2.05, 4.69) is 4.98 Å². The first-order valence-electron chi connectivity index (χ1n) is 7.44. The van der Waals surface area contributed by atoms with Gasteiger partial charge in [-0.05, 0) is 18.2 Å². The van der Waals surface area contributed by atoms with Crippen molar-refractivity contribution in [1.29, 1.82) is 0 Å². The standard InChI is InChI=1S/C19H13N3O2/c20-19(24)14-9-15(12-4-2-1-3-5-12)21-17-13-7-6-11(10-23)8-16(13)22-18(14)17/h1-10,22H,(H2,20,24). The van der Waals surface area contributed by atoms with E-state index in [1.165, 1.54) is 0 Å². The summed E-state index contributed by atoms with van der Waals surface area (Å²) in [7, 11) is 0. The molecule has 116 valence electrons. The number of carbonyl (C=O) groups excluding carboxylic acids is 2. The number of nitrogens with one attached hydrogen (secondary N) is 1. The molecule has 5 heteroatoms. The summed E-state index contributed by atoms with van der Waals surface area (Å²) in [6.07, 6.45) is 0.781. The van der Waals surface area contributed by atoms with Crippen LogP contribution in [0.3, 0.4) is 0 Å². The van der Waals surface area contributed by atoms with Crippen molar-refractivity contribution in [2.24, 2.45) is 5.73 Å². The lowest BCUT2D eigenvalue weighted by Gasteiger charge is -2.05. The summed E-state index contributed by atoms with van der Waals surface area (Å²) in [4.78, 5) is 30.8. The van der Waals surface area contributed by atoms with Crippen LogP contribution >= 0.6 is 0 Å². The number of aromatic amines is 1. The molecular formula is C19H13N3O2. The molecular weight excluding hydrogens is 302 g/mol. The molecule has 0 spiro atoms. The molecule has 2 heterocycles. The van der Waals surface area contributed by atoms with Crippen LogP contribution in [0.15, 0.2) is 54.6 Å². The Morgan fingerprint density at radius 2 is 1.88 bits per heavy atom. The molecule has 4 aromatic rings. The summed E-state index contributed by atoms with van der Waals surface area (Å²) in [5.41, 5.74) is 10.1. The zero-order chi connectivity index (χ0) is 16.7. The number of amides is 1. The minimum Gasteiger partial charge on any atom is -0.366 e. The number of fused-ring (bicyclic) bond motifs is 3. The fourth-order valence-corrected chi connectivity index (χ4v) is 2.90. The van der Waals surface area contributed by atoms with Crippen molar-refractivity contribution in [2.75, 3.05) is 0 Å². The van der Waals surface area contributed by atoms with Gasteiger partial charge in [-0.3, -0.25) is 9.59 Å². The van der Waals surface area contributed by atoms with Gasteiger partial charge in [0.25, 0.3) is 5.91 Å². The topological polar surface area (TPSA) is 88.8 Å². The highest BCUT2D eigenvalue weighted by molar-refractivity contribution is 6.14. The van der Waals surface area contributed by atoms with Crippen molar-refractivity contribution in [3.05, 3.63) is 65.7 Å². The van der Waals surface area contributed by atoms with Crippen molar-refractivity contribution >= 4 is 34.1 Å². The number of nitrogens with two attached hydrogens (primary N) is 1. The number of aromatic nitrogens is 2. The second-order valence-electron chi connectivity index (χ2n) is 5.56. The number of rotatable bonds is 3. The van der Waals surface area contributed by atoms with Crippen LogP contribution in [0.4, 0.5) is 0 Å². The monoisotopic (exact) mass is 315 g/mol. The number of primary amides is 1. The van der Waals surface area contributed by atoms with Gasteiger partial charge in [-0.15, -0.1) is 0 Å². The van der Waals surface area contributed by atoms with Crippen LogP contribution in [0.5, 0.6) is 0 Å². The van der Waals surface area contributed by atoms with Gasteiger partial charge in [0.15, 0.2) is 0 Å². The predicted molar refractivity (Wildman–Crippen MR) is 92.9 cm³/mol. The Morgan fingerprint density at radius 1 is 1.08 bits per heavy atom. The average molecular weight is 315 g/mol. The molecule has 2 aromatic carbocycles. The van der Waals surface area contributed by atoms with E-state index in [1.807, 2.05) is 36.4 Å². The number of pyridine rings is 1. The Morgan fingerprint density at radius 3 is 2.58 bits per heavy atom. The summed E-state index contributed by atoms with van der Waals surface area (Å²) < 4.78 is 0. The van der Waals surface area contributed by atoms with Gasteiger partial charge >= 0.3 is 0 Å². The molecule has 4 rings (SSSR count). The van der Waals surface area contributed by atoms with Gasteiger partial charge < -0.3 is 10.7 Å². The summed E-state index contributed by atoms with van der Waals surface area (Å²) in [6.45, 7) is 0. The van der Waals surface area contributed by atoms with Crippen LogP contribution in [-0.4, -0.2) is 22.2 Å². The molecule has 1 amide bonds. The van der Waals surface area contributed by atoms with Gasteiger partial charge in [-0.1, -0.05) is 36.4 Å². The summed E-state index contributed by atoms with van der Waals surface area (Å²) in [5.74, 6) is -0.526. The Bertz CT molecular complexity index is 1100. The maximum absolute atomic E-state index is 11.9.